The zero-order chi connectivity index (χ0) is 16.8. The highest BCUT2D eigenvalue weighted by atomic mass is 16.1. The van der Waals surface area contributed by atoms with Gasteiger partial charge in [0.2, 0.25) is 0 Å². The van der Waals surface area contributed by atoms with Gasteiger partial charge in [-0.05, 0) is 49.6 Å². The van der Waals surface area contributed by atoms with Crippen molar-refractivity contribution in [2.24, 2.45) is 0 Å². The molecule has 0 fully saturated rings. The second-order valence-corrected chi connectivity index (χ2v) is 5.24. The minimum atomic E-state index is -0.458. The van der Waals surface area contributed by atoms with Gasteiger partial charge in [0.25, 0.3) is 5.91 Å². The number of hydrogen-bond acceptors (Lipinski definition) is 4. The van der Waals surface area contributed by atoms with Gasteiger partial charge in [0.05, 0.1) is 0 Å². The molecule has 0 spiro atoms. The number of aryl methyl sites for hydroxylation is 2. The molecule has 0 aliphatic heterocycles. The van der Waals surface area contributed by atoms with Crippen LogP contribution >= 0.6 is 0 Å². The number of anilines is 2. The molecule has 0 saturated heterocycles. The van der Waals surface area contributed by atoms with Crippen LogP contribution in [0, 0.1) is 32.1 Å². The van der Waals surface area contributed by atoms with Crippen LogP contribution in [-0.2, 0) is 4.79 Å². The van der Waals surface area contributed by atoms with E-state index in [0.717, 1.165) is 16.7 Å². The molecule has 23 heavy (non-hydrogen) atoms. The van der Waals surface area contributed by atoms with Crippen molar-refractivity contribution in [1.82, 2.24) is 4.98 Å². The Balaban J connectivity index is 2.12. The number of amides is 1. The Hall–Kier alpha value is -3.13. The van der Waals surface area contributed by atoms with Gasteiger partial charge >= 0.3 is 0 Å². The average molecular weight is 306 g/mol. The Morgan fingerprint density at radius 3 is 2.65 bits per heavy atom. The maximum Gasteiger partial charge on any atom is 0.267 e. The molecule has 0 aliphatic carbocycles. The van der Waals surface area contributed by atoms with E-state index in [4.69, 9.17) is 0 Å². The van der Waals surface area contributed by atoms with Gasteiger partial charge in [0.1, 0.15) is 17.5 Å². The first-order chi connectivity index (χ1) is 11.0. The lowest BCUT2D eigenvalue weighted by Crippen LogP contribution is -2.15. The molecule has 5 nitrogen and oxygen atoms in total. The van der Waals surface area contributed by atoms with Crippen LogP contribution in [0.2, 0.25) is 0 Å². The van der Waals surface area contributed by atoms with Crippen molar-refractivity contribution >= 4 is 17.4 Å². The van der Waals surface area contributed by atoms with Crippen molar-refractivity contribution in [3.05, 3.63) is 65.0 Å². The van der Waals surface area contributed by atoms with E-state index in [1.165, 1.54) is 6.20 Å². The van der Waals surface area contributed by atoms with Crippen LogP contribution in [-0.4, -0.2) is 10.9 Å². The standard InChI is InChI=1S/C18H18N4O/c1-12-7-8-17(20-10-12)21-11-15(9-19)18(23)22-16-6-4-5-13(2)14(16)3/h4-8,10-11H,1-3H3,(H,20,21)(H,22,23)/b15-11-. The van der Waals surface area contributed by atoms with Crippen molar-refractivity contribution < 1.29 is 4.79 Å². The van der Waals surface area contributed by atoms with Crippen molar-refractivity contribution in [3.63, 3.8) is 0 Å². The van der Waals surface area contributed by atoms with E-state index >= 15 is 0 Å². The summed E-state index contributed by atoms with van der Waals surface area (Å²) in [5.41, 5.74) is 3.77. The number of nitrogens with one attached hydrogen (secondary N) is 2. The first-order valence-electron chi connectivity index (χ1n) is 7.18. The summed E-state index contributed by atoms with van der Waals surface area (Å²) in [6.07, 6.45) is 3.07. The lowest BCUT2D eigenvalue weighted by Gasteiger charge is -2.10. The van der Waals surface area contributed by atoms with E-state index in [1.54, 1.807) is 12.3 Å². The highest BCUT2D eigenvalue weighted by Gasteiger charge is 2.11. The normalized spacial score (nSPS) is 10.8. The average Bonchev–Trinajstić information content (AvgIpc) is 2.54. The fourth-order valence-electron chi connectivity index (χ4n) is 1.92. The van der Waals surface area contributed by atoms with Crippen LogP contribution in [0.3, 0.4) is 0 Å². The van der Waals surface area contributed by atoms with Gasteiger partial charge in [-0.3, -0.25) is 4.79 Å². The summed E-state index contributed by atoms with van der Waals surface area (Å²) in [6.45, 7) is 5.83. The monoisotopic (exact) mass is 306 g/mol. The van der Waals surface area contributed by atoms with Crippen LogP contribution in [0.4, 0.5) is 11.5 Å². The molecule has 0 bridgehead atoms. The molecule has 0 aliphatic rings. The van der Waals surface area contributed by atoms with Crippen LogP contribution in [0.5, 0.6) is 0 Å². The maximum absolute atomic E-state index is 12.2. The minimum Gasteiger partial charge on any atom is -0.345 e. The second-order valence-electron chi connectivity index (χ2n) is 5.24. The Morgan fingerprint density at radius 1 is 1.22 bits per heavy atom. The first-order valence-corrected chi connectivity index (χ1v) is 7.18. The Kier molecular flexibility index (Phi) is 5.11. The third-order valence-electron chi connectivity index (χ3n) is 3.49. The third-order valence-corrected chi connectivity index (χ3v) is 3.49. The third kappa shape index (κ3) is 4.17. The summed E-state index contributed by atoms with van der Waals surface area (Å²) in [7, 11) is 0. The molecule has 1 aromatic carbocycles. The SMILES string of the molecule is Cc1ccc(N/C=C(/C#N)C(=O)Nc2cccc(C)c2C)nc1. The highest BCUT2D eigenvalue weighted by Crippen LogP contribution is 2.18. The van der Waals surface area contributed by atoms with Crippen LogP contribution < -0.4 is 10.6 Å². The smallest absolute Gasteiger partial charge is 0.267 e. The van der Waals surface area contributed by atoms with Crippen molar-refractivity contribution in [2.75, 3.05) is 10.6 Å². The molecule has 2 aromatic rings. The summed E-state index contributed by atoms with van der Waals surface area (Å²) >= 11 is 0. The lowest BCUT2D eigenvalue weighted by molar-refractivity contribution is -0.112. The van der Waals surface area contributed by atoms with E-state index in [-0.39, 0.29) is 5.57 Å². The highest BCUT2D eigenvalue weighted by molar-refractivity contribution is 6.07. The number of benzene rings is 1. The van der Waals surface area contributed by atoms with E-state index in [1.807, 2.05) is 51.1 Å². The predicted molar refractivity (Wildman–Crippen MR) is 90.8 cm³/mol. The zero-order valence-electron chi connectivity index (χ0n) is 13.3. The van der Waals surface area contributed by atoms with Crippen LogP contribution in [0.15, 0.2) is 48.3 Å². The number of pyridine rings is 1. The van der Waals surface area contributed by atoms with E-state index in [9.17, 15) is 10.1 Å². The molecule has 1 aromatic heterocycles. The number of nitriles is 1. The van der Waals surface area contributed by atoms with Gasteiger partial charge in [-0.1, -0.05) is 18.2 Å². The van der Waals surface area contributed by atoms with E-state index < -0.39 is 5.91 Å². The predicted octanol–water partition coefficient (Wildman–Crippen LogP) is 3.46. The van der Waals surface area contributed by atoms with Gasteiger partial charge in [-0.2, -0.15) is 5.26 Å². The molecular formula is C18H18N4O. The minimum absolute atomic E-state index is 0.0201. The summed E-state index contributed by atoms with van der Waals surface area (Å²) in [4.78, 5) is 16.4. The summed E-state index contributed by atoms with van der Waals surface area (Å²) in [5.74, 6) is 0.115. The molecule has 1 heterocycles. The maximum atomic E-state index is 12.2. The molecule has 2 rings (SSSR count). The Bertz CT molecular complexity index is 786. The number of nitrogens with zero attached hydrogens (tertiary/aromatic N) is 2. The summed E-state index contributed by atoms with van der Waals surface area (Å²) in [6, 6.07) is 11.2. The molecular weight excluding hydrogens is 288 g/mol. The second kappa shape index (κ2) is 7.23. The largest absolute Gasteiger partial charge is 0.345 e. The van der Waals surface area contributed by atoms with Gasteiger partial charge in [0, 0.05) is 18.1 Å². The molecule has 5 heteroatoms. The molecule has 0 unspecified atom stereocenters. The van der Waals surface area contributed by atoms with Crippen molar-refractivity contribution in [3.8, 4) is 6.07 Å². The fourth-order valence-corrected chi connectivity index (χ4v) is 1.92. The Labute approximate surface area is 135 Å². The molecule has 0 atom stereocenters. The van der Waals surface area contributed by atoms with Crippen molar-refractivity contribution in [1.29, 1.82) is 5.26 Å². The van der Waals surface area contributed by atoms with E-state index in [0.29, 0.717) is 11.5 Å². The molecule has 0 radical (unpaired) electrons. The number of carbonyl (C=O) groups excluding carboxylic acids is 1. The molecule has 1 amide bonds. The Morgan fingerprint density at radius 2 is 2.00 bits per heavy atom. The number of rotatable bonds is 4. The quantitative estimate of drug-likeness (QED) is 0.670. The lowest BCUT2D eigenvalue weighted by atomic mass is 10.1. The summed E-state index contributed by atoms with van der Waals surface area (Å²) in [5, 5.41) is 14.8. The van der Waals surface area contributed by atoms with Crippen molar-refractivity contribution in [2.45, 2.75) is 20.8 Å². The van der Waals surface area contributed by atoms with E-state index in [2.05, 4.69) is 15.6 Å². The van der Waals surface area contributed by atoms with Crippen LogP contribution in [0.1, 0.15) is 16.7 Å². The zero-order valence-corrected chi connectivity index (χ0v) is 13.3. The molecule has 116 valence electrons. The van der Waals surface area contributed by atoms with Gasteiger partial charge in [-0.25, -0.2) is 4.98 Å². The molecule has 0 saturated carbocycles. The first kappa shape index (κ1) is 16.2. The van der Waals surface area contributed by atoms with Crippen LogP contribution in [0.25, 0.3) is 0 Å². The van der Waals surface area contributed by atoms with Gasteiger partial charge in [0.15, 0.2) is 0 Å². The fraction of sp³-hybridized carbons (Fsp3) is 0.167. The topological polar surface area (TPSA) is 77.8 Å². The number of hydrogen-bond donors (Lipinski definition) is 2. The van der Waals surface area contributed by atoms with Gasteiger partial charge in [-0.15, -0.1) is 0 Å². The van der Waals surface area contributed by atoms with Gasteiger partial charge < -0.3 is 10.6 Å². The number of aromatic nitrogens is 1. The summed E-state index contributed by atoms with van der Waals surface area (Å²) < 4.78 is 0. The molecule has 2 N–H and O–H groups in total. The number of carbonyl (C=O) groups is 1.